The molecule has 178 valence electrons. The molecule has 0 unspecified atom stereocenters. The van der Waals surface area contributed by atoms with E-state index < -0.39 is 6.83 Å². The Morgan fingerprint density at radius 1 is 0.528 bits per heavy atom. The second-order valence-corrected chi connectivity index (χ2v) is 14.2. The summed E-state index contributed by atoms with van der Waals surface area (Å²) < 4.78 is 7.88. The molecule has 0 saturated carbocycles. The first-order valence-corrected chi connectivity index (χ1v) is 14.8. The molecule has 0 aromatic heterocycles. The van der Waals surface area contributed by atoms with E-state index in [1.54, 1.807) is 0 Å². The molecule has 1 heterocycles. The molecule has 0 saturated heterocycles. The van der Waals surface area contributed by atoms with Gasteiger partial charge in [-0.3, -0.25) is 0 Å². The van der Waals surface area contributed by atoms with Gasteiger partial charge in [-0.25, -0.2) is 0 Å². The van der Waals surface area contributed by atoms with Crippen LogP contribution in [0.4, 0.5) is 0 Å². The van der Waals surface area contributed by atoms with Crippen molar-refractivity contribution in [3.05, 3.63) is 155 Å². The number of rotatable bonds is 4. The summed E-state index contributed by atoms with van der Waals surface area (Å²) >= 11 is 0. The average molecular weight is 487 g/mol. The standard InChI is InChI=1S/C34H31OP/c1-25-23-26(2)33(27(3)24-25)34-31-21-13-14-22-32(31)36(35-34,28-15-7-4-8-16-28,29-17-9-5-10-18-29)30-19-11-6-12-20-30/h4-24,34H,1-3H3/t34-/m1/s1. The van der Waals surface area contributed by atoms with Gasteiger partial charge in [0.2, 0.25) is 0 Å². The van der Waals surface area contributed by atoms with E-state index in [1.165, 1.54) is 49.0 Å². The third kappa shape index (κ3) is 3.03. The van der Waals surface area contributed by atoms with Crippen molar-refractivity contribution >= 4 is 28.0 Å². The summed E-state index contributed by atoms with van der Waals surface area (Å²) in [6.07, 6.45) is -0.167. The van der Waals surface area contributed by atoms with Gasteiger partial charge in [0.05, 0.1) is 0 Å². The molecule has 0 N–H and O–H groups in total. The fraction of sp³-hybridized carbons (Fsp3) is 0.118. The first kappa shape index (κ1) is 22.9. The predicted molar refractivity (Wildman–Crippen MR) is 155 cm³/mol. The zero-order chi connectivity index (χ0) is 24.8. The molecule has 0 aliphatic carbocycles. The van der Waals surface area contributed by atoms with E-state index in [0.717, 1.165) is 0 Å². The van der Waals surface area contributed by atoms with Crippen LogP contribution in [0, 0.1) is 20.8 Å². The van der Waals surface area contributed by atoms with E-state index in [0.29, 0.717) is 0 Å². The number of hydrogen-bond acceptors (Lipinski definition) is 1. The van der Waals surface area contributed by atoms with Gasteiger partial charge < -0.3 is 0 Å². The van der Waals surface area contributed by atoms with Crippen LogP contribution < -0.4 is 21.2 Å². The number of aryl methyl sites for hydroxylation is 3. The Labute approximate surface area is 214 Å². The normalized spacial score (nSPS) is 18.6. The molecule has 2 heteroatoms. The average Bonchev–Trinajstić information content (AvgIpc) is 3.23. The van der Waals surface area contributed by atoms with Crippen molar-refractivity contribution in [2.75, 3.05) is 0 Å². The SMILES string of the molecule is Cc1cc(C)c([C@@H]2OP(c3ccccc3)(c3ccccc3)(c3ccccc3)c3ccccc32)c(C)c1. The molecular formula is C34H31OP. The summed E-state index contributed by atoms with van der Waals surface area (Å²) in [4.78, 5) is 0. The third-order valence-corrected chi connectivity index (χ3v) is 13.6. The predicted octanol–water partition coefficient (Wildman–Crippen LogP) is 6.80. The summed E-state index contributed by atoms with van der Waals surface area (Å²) in [6.45, 7) is 3.05. The van der Waals surface area contributed by atoms with Crippen molar-refractivity contribution in [3.8, 4) is 0 Å². The topological polar surface area (TPSA) is 9.23 Å². The summed E-state index contributed by atoms with van der Waals surface area (Å²) in [6, 6.07) is 46.3. The first-order valence-electron chi connectivity index (χ1n) is 12.6. The Bertz CT molecular complexity index is 1420. The minimum atomic E-state index is -3.57. The van der Waals surface area contributed by atoms with Crippen LogP contribution in [0.1, 0.15) is 33.9 Å². The molecule has 1 nitrogen and oxygen atoms in total. The molecule has 5 aromatic rings. The molecule has 6 rings (SSSR count). The zero-order valence-electron chi connectivity index (χ0n) is 21.1. The van der Waals surface area contributed by atoms with E-state index in [9.17, 15) is 0 Å². The van der Waals surface area contributed by atoms with Crippen molar-refractivity contribution in [2.45, 2.75) is 26.9 Å². The van der Waals surface area contributed by atoms with Crippen LogP contribution in [0.5, 0.6) is 0 Å². The Morgan fingerprint density at radius 2 is 0.944 bits per heavy atom. The van der Waals surface area contributed by atoms with Gasteiger partial charge in [0, 0.05) is 0 Å². The number of fused-ring (bicyclic) bond motifs is 1. The van der Waals surface area contributed by atoms with Gasteiger partial charge in [0.1, 0.15) is 0 Å². The third-order valence-electron chi connectivity index (χ3n) is 7.74. The molecule has 0 radical (unpaired) electrons. The monoisotopic (exact) mass is 486 g/mol. The van der Waals surface area contributed by atoms with E-state index in [1.807, 2.05) is 0 Å². The van der Waals surface area contributed by atoms with E-state index in [-0.39, 0.29) is 6.10 Å². The van der Waals surface area contributed by atoms with Crippen LogP contribution >= 0.6 is 6.83 Å². The molecule has 1 atom stereocenters. The second kappa shape index (κ2) is 8.56. The van der Waals surface area contributed by atoms with Crippen molar-refractivity contribution < 1.29 is 4.52 Å². The minimum absolute atomic E-state index is 0.167. The van der Waals surface area contributed by atoms with E-state index >= 15 is 0 Å². The van der Waals surface area contributed by atoms with Crippen molar-refractivity contribution in [1.82, 2.24) is 0 Å². The van der Waals surface area contributed by atoms with Gasteiger partial charge in [0.15, 0.2) is 0 Å². The van der Waals surface area contributed by atoms with Gasteiger partial charge in [0.25, 0.3) is 0 Å². The Hall–Kier alpha value is -3.51. The van der Waals surface area contributed by atoms with Crippen LogP contribution in [-0.4, -0.2) is 0 Å². The molecule has 0 spiro atoms. The van der Waals surface area contributed by atoms with Crippen LogP contribution in [0.15, 0.2) is 127 Å². The molecule has 1 aliphatic heterocycles. The summed E-state index contributed by atoms with van der Waals surface area (Å²) in [5.74, 6) is 0. The van der Waals surface area contributed by atoms with Crippen molar-refractivity contribution in [1.29, 1.82) is 0 Å². The molecule has 0 fully saturated rings. The summed E-state index contributed by atoms with van der Waals surface area (Å²) in [7, 11) is 0. The maximum absolute atomic E-state index is 7.88. The Morgan fingerprint density at radius 3 is 1.42 bits per heavy atom. The number of hydrogen-bond donors (Lipinski definition) is 0. The van der Waals surface area contributed by atoms with Crippen LogP contribution in [0.3, 0.4) is 0 Å². The van der Waals surface area contributed by atoms with Gasteiger partial charge in [-0.05, 0) is 0 Å². The summed E-state index contributed by atoms with van der Waals surface area (Å²) in [5.41, 5.74) is 6.39. The zero-order valence-corrected chi connectivity index (χ0v) is 22.0. The second-order valence-electron chi connectivity index (χ2n) is 9.90. The van der Waals surface area contributed by atoms with Gasteiger partial charge >= 0.3 is 215 Å². The molecule has 0 amide bonds. The Kier molecular flexibility index (Phi) is 5.45. The van der Waals surface area contributed by atoms with Gasteiger partial charge in [-0.1, -0.05) is 0 Å². The van der Waals surface area contributed by atoms with E-state index in [2.05, 4.69) is 148 Å². The fourth-order valence-corrected chi connectivity index (χ4v) is 12.5. The quantitative estimate of drug-likeness (QED) is 0.254. The van der Waals surface area contributed by atoms with Crippen LogP contribution in [0.25, 0.3) is 0 Å². The molecular weight excluding hydrogens is 455 g/mol. The molecule has 5 aromatic carbocycles. The van der Waals surface area contributed by atoms with Crippen LogP contribution in [0.2, 0.25) is 0 Å². The van der Waals surface area contributed by atoms with Crippen LogP contribution in [-0.2, 0) is 4.52 Å². The fourth-order valence-electron chi connectivity index (χ4n) is 6.42. The number of benzene rings is 5. The molecule has 36 heavy (non-hydrogen) atoms. The van der Waals surface area contributed by atoms with E-state index in [4.69, 9.17) is 4.52 Å². The first-order chi connectivity index (χ1) is 17.6. The Balaban J connectivity index is 1.82. The van der Waals surface area contributed by atoms with Crippen molar-refractivity contribution in [2.24, 2.45) is 0 Å². The molecule has 1 aliphatic rings. The molecule has 0 bridgehead atoms. The van der Waals surface area contributed by atoms with Gasteiger partial charge in [-0.15, -0.1) is 0 Å². The van der Waals surface area contributed by atoms with Gasteiger partial charge in [-0.2, -0.15) is 0 Å². The summed E-state index contributed by atoms with van der Waals surface area (Å²) in [5, 5.41) is 5.01. The van der Waals surface area contributed by atoms with Crippen molar-refractivity contribution in [3.63, 3.8) is 0 Å². The maximum atomic E-state index is 7.88.